The van der Waals surface area contributed by atoms with Crippen molar-refractivity contribution in [1.29, 1.82) is 0 Å². The molecule has 0 aromatic heterocycles. The van der Waals surface area contributed by atoms with E-state index < -0.39 is 0 Å². The molecule has 1 aromatic carbocycles. The molecule has 0 fully saturated rings. The fraction of sp³-hybridized carbons (Fsp3) is 0.455. The summed E-state index contributed by atoms with van der Waals surface area (Å²) in [7, 11) is 1.68. The molecular weight excluding hydrogens is 176 g/mol. The number of hydrogen-bond donors (Lipinski definition) is 2. The molecule has 1 aliphatic heterocycles. The van der Waals surface area contributed by atoms with Crippen LogP contribution in [0.3, 0.4) is 0 Å². The van der Waals surface area contributed by atoms with Crippen molar-refractivity contribution in [1.82, 2.24) is 0 Å². The van der Waals surface area contributed by atoms with Crippen LogP contribution in [-0.2, 0) is 6.42 Å². The number of benzene rings is 1. The maximum Gasteiger partial charge on any atom is 0.146 e. The number of methoxy groups -OCH3 is 1. The lowest BCUT2D eigenvalue weighted by Gasteiger charge is -2.13. The Kier molecular flexibility index (Phi) is 2.48. The number of ether oxygens (including phenoxy) is 1. The van der Waals surface area contributed by atoms with Gasteiger partial charge in [-0.3, -0.25) is 0 Å². The van der Waals surface area contributed by atoms with Gasteiger partial charge in [0, 0.05) is 17.8 Å². The minimum absolute atomic E-state index is 0.731. The van der Waals surface area contributed by atoms with Crippen LogP contribution in [0.15, 0.2) is 12.1 Å². The smallest absolute Gasteiger partial charge is 0.146 e. The lowest BCUT2D eigenvalue weighted by atomic mass is 10.1. The molecule has 14 heavy (non-hydrogen) atoms. The molecular formula is C11H16N2O. The standard InChI is InChI=1S/C11H16N2O/c1-14-11-8-4-2-3-7-13-10(8)6-5-9(11)12/h5-6,13H,2-4,7,12H2,1H3. The summed E-state index contributed by atoms with van der Waals surface area (Å²) in [6.07, 6.45) is 3.45. The summed E-state index contributed by atoms with van der Waals surface area (Å²) in [5.74, 6) is 0.844. The Morgan fingerprint density at radius 2 is 2.21 bits per heavy atom. The van der Waals surface area contributed by atoms with E-state index in [4.69, 9.17) is 10.5 Å². The van der Waals surface area contributed by atoms with E-state index in [0.29, 0.717) is 0 Å². The zero-order chi connectivity index (χ0) is 9.97. The second-order valence-corrected chi connectivity index (χ2v) is 3.60. The number of rotatable bonds is 1. The molecule has 1 aliphatic rings. The highest BCUT2D eigenvalue weighted by molar-refractivity contribution is 5.68. The van der Waals surface area contributed by atoms with Crippen LogP contribution in [0.5, 0.6) is 5.75 Å². The molecule has 1 aromatic rings. The van der Waals surface area contributed by atoms with Gasteiger partial charge in [0.25, 0.3) is 0 Å². The van der Waals surface area contributed by atoms with Crippen LogP contribution < -0.4 is 15.8 Å². The zero-order valence-electron chi connectivity index (χ0n) is 8.47. The Morgan fingerprint density at radius 1 is 1.36 bits per heavy atom. The molecule has 3 N–H and O–H groups in total. The minimum Gasteiger partial charge on any atom is -0.494 e. The third-order valence-corrected chi connectivity index (χ3v) is 2.66. The quantitative estimate of drug-likeness (QED) is 0.669. The molecule has 3 nitrogen and oxygen atoms in total. The minimum atomic E-state index is 0.731. The first-order valence-corrected chi connectivity index (χ1v) is 5.02. The second-order valence-electron chi connectivity index (χ2n) is 3.60. The molecule has 2 rings (SSSR count). The summed E-state index contributed by atoms with van der Waals surface area (Å²) in [5.41, 5.74) is 8.99. The van der Waals surface area contributed by atoms with Crippen molar-refractivity contribution in [3.05, 3.63) is 17.7 Å². The Balaban J connectivity index is 2.48. The van der Waals surface area contributed by atoms with E-state index in [1.165, 1.54) is 24.1 Å². The van der Waals surface area contributed by atoms with Gasteiger partial charge >= 0.3 is 0 Å². The first-order chi connectivity index (χ1) is 6.83. The number of fused-ring (bicyclic) bond motifs is 1. The monoisotopic (exact) mass is 192 g/mol. The van der Waals surface area contributed by atoms with Crippen molar-refractivity contribution >= 4 is 11.4 Å². The highest BCUT2D eigenvalue weighted by atomic mass is 16.5. The number of nitrogen functional groups attached to an aromatic ring is 1. The molecule has 0 spiro atoms. The molecule has 0 amide bonds. The van der Waals surface area contributed by atoms with Crippen molar-refractivity contribution in [2.75, 3.05) is 24.7 Å². The molecule has 3 heteroatoms. The SMILES string of the molecule is COc1c(N)ccc2c1CCCCN2. The third kappa shape index (κ3) is 1.50. The summed E-state index contributed by atoms with van der Waals surface area (Å²) in [5, 5.41) is 3.39. The highest BCUT2D eigenvalue weighted by Crippen LogP contribution is 2.34. The van der Waals surface area contributed by atoms with Crippen molar-refractivity contribution in [3.8, 4) is 5.75 Å². The summed E-state index contributed by atoms with van der Waals surface area (Å²) in [6.45, 7) is 1.04. The van der Waals surface area contributed by atoms with Gasteiger partial charge in [-0.1, -0.05) is 0 Å². The van der Waals surface area contributed by atoms with Crippen molar-refractivity contribution < 1.29 is 4.74 Å². The van der Waals surface area contributed by atoms with Crippen LogP contribution in [0, 0.1) is 0 Å². The van der Waals surface area contributed by atoms with E-state index in [0.717, 1.165) is 24.4 Å². The van der Waals surface area contributed by atoms with Gasteiger partial charge in [-0.15, -0.1) is 0 Å². The molecule has 0 unspecified atom stereocenters. The van der Waals surface area contributed by atoms with E-state index in [1.807, 2.05) is 12.1 Å². The Labute approximate surface area is 84.3 Å². The van der Waals surface area contributed by atoms with Crippen molar-refractivity contribution in [3.63, 3.8) is 0 Å². The van der Waals surface area contributed by atoms with Gasteiger partial charge in [0.2, 0.25) is 0 Å². The maximum atomic E-state index is 5.85. The van der Waals surface area contributed by atoms with E-state index >= 15 is 0 Å². The zero-order valence-corrected chi connectivity index (χ0v) is 8.47. The fourth-order valence-corrected chi connectivity index (χ4v) is 1.95. The molecule has 76 valence electrons. The van der Waals surface area contributed by atoms with Crippen molar-refractivity contribution in [2.24, 2.45) is 0 Å². The average molecular weight is 192 g/mol. The molecule has 0 saturated carbocycles. The van der Waals surface area contributed by atoms with Gasteiger partial charge in [0.05, 0.1) is 12.8 Å². The summed E-state index contributed by atoms with van der Waals surface area (Å²) in [6, 6.07) is 3.94. The van der Waals surface area contributed by atoms with Gasteiger partial charge in [-0.25, -0.2) is 0 Å². The van der Waals surface area contributed by atoms with Crippen LogP contribution in [-0.4, -0.2) is 13.7 Å². The lowest BCUT2D eigenvalue weighted by Crippen LogP contribution is -2.02. The summed E-state index contributed by atoms with van der Waals surface area (Å²) in [4.78, 5) is 0. The van der Waals surface area contributed by atoms with Crippen LogP contribution >= 0.6 is 0 Å². The molecule has 0 saturated heterocycles. The lowest BCUT2D eigenvalue weighted by molar-refractivity contribution is 0.412. The molecule has 0 aliphatic carbocycles. The highest BCUT2D eigenvalue weighted by Gasteiger charge is 2.14. The van der Waals surface area contributed by atoms with E-state index in [-0.39, 0.29) is 0 Å². The summed E-state index contributed by atoms with van der Waals surface area (Å²) < 4.78 is 5.33. The number of hydrogen-bond acceptors (Lipinski definition) is 3. The maximum absolute atomic E-state index is 5.85. The van der Waals surface area contributed by atoms with E-state index in [2.05, 4.69) is 5.32 Å². The Hall–Kier alpha value is -1.38. The number of nitrogens with one attached hydrogen (secondary N) is 1. The fourth-order valence-electron chi connectivity index (χ4n) is 1.95. The van der Waals surface area contributed by atoms with E-state index in [1.54, 1.807) is 7.11 Å². The van der Waals surface area contributed by atoms with Gasteiger partial charge < -0.3 is 15.8 Å². The molecule has 0 atom stereocenters. The van der Waals surface area contributed by atoms with Crippen LogP contribution in [0.2, 0.25) is 0 Å². The Morgan fingerprint density at radius 3 is 3.00 bits per heavy atom. The first kappa shape index (κ1) is 9.19. The van der Waals surface area contributed by atoms with Crippen LogP contribution in [0.25, 0.3) is 0 Å². The van der Waals surface area contributed by atoms with Gasteiger partial charge in [-0.05, 0) is 31.4 Å². The van der Waals surface area contributed by atoms with Gasteiger partial charge in [0.1, 0.15) is 5.75 Å². The largest absolute Gasteiger partial charge is 0.494 e. The number of nitrogens with two attached hydrogens (primary N) is 1. The molecule has 0 radical (unpaired) electrons. The van der Waals surface area contributed by atoms with Gasteiger partial charge in [0.15, 0.2) is 0 Å². The molecule has 0 bridgehead atoms. The average Bonchev–Trinajstić information content (AvgIpc) is 2.42. The first-order valence-electron chi connectivity index (χ1n) is 5.02. The van der Waals surface area contributed by atoms with Gasteiger partial charge in [-0.2, -0.15) is 0 Å². The molecule has 1 heterocycles. The van der Waals surface area contributed by atoms with Crippen LogP contribution in [0.1, 0.15) is 18.4 Å². The van der Waals surface area contributed by atoms with Crippen LogP contribution in [0.4, 0.5) is 11.4 Å². The third-order valence-electron chi connectivity index (χ3n) is 2.66. The van der Waals surface area contributed by atoms with E-state index in [9.17, 15) is 0 Å². The normalized spacial score (nSPS) is 15.2. The summed E-state index contributed by atoms with van der Waals surface area (Å²) >= 11 is 0. The second kappa shape index (κ2) is 3.78. The predicted molar refractivity (Wildman–Crippen MR) is 58.8 cm³/mol. The predicted octanol–water partition coefficient (Wildman–Crippen LogP) is 2.03. The van der Waals surface area contributed by atoms with Crippen molar-refractivity contribution in [2.45, 2.75) is 19.3 Å². The number of anilines is 2. The topological polar surface area (TPSA) is 47.3 Å². The Bertz CT molecular complexity index is 336.